The first-order valence-electron chi connectivity index (χ1n) is 7.42. The summed E-state index contributed by atoms with van der Waals surface area (Å²) in [6.45, 7) is 6.53. The van der Waals surface area contributed by atoms with E-state index in [0.29, 0.717) is 18.0 Å². The highest BCUT2D eigenvalue weighted by atomic mass is 32.2. The van der Waals surface area contributed by atoms with Gasteiger partial charge in [0, 0.05) is 36.7 Å². The summed E-state index contributed by atoms with van der Waals surface area (Å²) < 4.78 is 5.70. The van der Waals surface area contributed by atoms with Crippen molar-refractivity contribution in [1.29, 1.82) is 0 Å². The average Bonchev–Trinajstić information content (AvgIpc) is 2.42. The molecule has 1 N–H and O–H groups in total. The molecule has 2 fully saturated rings. The molecule has 0 amide bonds. The van der Waals surface area contributed by atoms with Gasteiger partial charge in [-0.15, -0.1) is 0 Å². The van der Waals surface area contributed by atoms with Crippen molar-refractivity contribution in [3.63, 3.8) is 0 Å². The summed E-state index contributed by atoms with van der Waals surface area (Å²) in [5.74, 6) is 3.26. The molecule has 2 aliphatic heterocycles. The van der Waals surface area contributed by atoms with Crippen molar-refractivity contribution in [2.45, 2.75) is 38.3 Å². The molecule has 4 heteroatoms. The predicted octanol–water partition coefficient (Wildman–Crippen LogP) is 1.83. The van der Waals surface area contributed by atoms with E-state index in [-0.39, 0.29) is 0 Å². The molecule has 0 bridgehead atoms. The van der Waals surface area contributed by atoms with Gasteiger partial charge in [-0.25, -0.2) is 0 Å². The second-order valence-electron chi connectivity index (χ2n) is 5.58. The lowest BCUT2D eigenvalue weighted by atomic mass is 9.88. The van der Waals surface area contributed by atoms with Crippen LogP contribution in [0.1, 0.15) is 26.2 Å². The Morgan fingerprint density at radius 2 is 2.39 bits per heavy atom. The first-order valence-corrected chi connectivity index (χ1v) is 8.57. The minimum Gasteiger partial charge on any atom is -0.381 e. The molecule has 0 aromatic carbocycles. The smallest absolute Gasteiger partial charge is 0.0509 e. The van der Waals surface area contributed by atoms with E-state index in [2.05, 4.69) is 35.9 Å². The number of thioether (sulfide) groups is 1. The van der Waals surface area contributed by atoms with Crippen LogP contribution in [0.2, 0.25) is 0 Å². The Morgan fingerprint density at radius 3 is 3.06 bits per heavy atom. The fourth-order valence-corrected chi connectivity index (χ4v) is 4.35. The number of nitrogens with zero attached hydrogens (tertiary/aromatic N) is 1. The number of hydrogen-bond acceptors (Lipinski definition) is 4. The lowest BCUT2D eigenvalue weighted by Gasteiger charge is -2.42. The van der Waals surface area contributed by atoms with Crippen LogP contribution in [-0.4, -0.2) is 61.8 Å². The monoisotopic (exact) mass is 272 g/mol. The molecule has 2 rings (SSSR count). The molecule has 3 atom stereocenters. The maximum atomic E-state index is 5.70. The molecule has 0 saturated carbocycles. The molecule has 0 aliphatic carbocycles. The largest absolute Gasteiger partial charge is 0.381 e. The molecule has 0 aromatic heterocycles. The van der Waals surface area contributed by atoms with Gasteiger partial charge in [0.15, 0.2) is 0 Å². The zero-order chi connectivity index (χ0) is 12.8. The lowest BCUT2D eigenvalue weighted by Crippen LogP contribution is -2.57. The minimum atomic E-state index is 0.614. The molecule has 18 heavy (non-hydrogen) atoms. The van der Waals surface area contributed by atoms with Crippen molar-refractivity contribution in [3.8, 4) is 0 Å². The van der Waals surface area contributed by atoms with E-state index in [1.165, 1.54) is 37.3 Å². The Bertz CT molecular complexity index is 234. The van der Waals surface area contributed by atoms with Crippen molar-refractivity contribution in [2.24, 2.45) is 5.92 Å². The number of rotatable bonds is 5. The summed E-state index contributed by atoms with van der Waals surface area (Å²) in [7, 11) is 2.29. The minimum absolute atomic E-state index is 0.614. The van der Waals surface area contributed by atoms with Crippen LogP contribution in [0.5, 0.6) is 0 Å². The predicted molar refractivity (Wildman–Crippen MR) is 79.4 cm³/mol. The number of nitrogens with one attached hydrogen (secondary N) is 1. The summed E-state index contributed by atoms with van der Waals surface area (Å²) in [5.41, 5.74) is 0. The summed E-state index contributed by atoms with van der Waals surface area (Å²) in [6.07, 6.45) is 3.78. The van der Waals surface area contributed by atoms with Crippen molar-refractivity contribution in [1.82, 2.24) is 10.2 Å². The van der Waals surface area contributed by atoms with Crippen LogP contribution < -0.4 is 5.32 Å². The van der Waals surface area contributed by atoms with Gasteiger partial charge < -0.3 is 15.0 Å². The van der Waals surface area contributed by atoms with Crippen LogP contribution >= 0.6 is 11.8 Å². The van der Waals surface area contributed by atoms with Crippen LogP contribution in [0.25, 0.3) is 0 Å². The van der Waals surface area contributed by atoms with E-state index in [0.717, 1.165) is 19.8 Å². The van der Waals surface area contributed by atoms with Gasteiger partial charge in [-0.2, -0.15) is 11.8 Å². The lowest BCUT2D eigenvalue weighted by molar-refractivity contribution is 0.0238. The fraction of sp³-hybridized carbons (Fsp3) is 1.00. The van der Waals surface area contributed by atoms with Crippen molar-refractivity contribution in [3.05, 3.63) is 0 Å². The molecule has 2 heterocycles. The number of hydrogen-bond donors (Lipinski definition) is 1. The van der Waals surface area contributed by atoms with Crippen LogP contribution in [0.3, 0.4) is 0 Å². The average molecular weight is 272 g/mol. The van der Waals surface area contributed by atoms with Crippen LogP contribution in [0.15, 0.2) is 0 Å². The van der Waals surface area contributed by atoms with E-state index in [4.69, 9.17) is 4.74 Å². The Balaban J connectivity index is 1.97. The zero-order valence-corrected chi connectivity index (χ0v) is 12.7. The highest BCUT2D eigenvalue weighted by Gasteiger charge is 2.34. The SMILES string of the molecule is CCCNC(C1CCCOC1)C1CSCCN1C. The third kappa shape index (κ3) is 3.86. The van der Waals surface area contributed by atoms with E-state index in [1.54, 1.807) is 0 Å². The molecule has 3 nitrogen and oxygen atoms in total. The molecule has 2 saturated heterocycles. The number of ether oxygens (including phenoxy) is 1. The standard InChI is InChI=1S/C14H28N2OS/c1-3-6-15-14(12-5-4-8-17-10-12)13-11-18-9-7-16(13)2/h12-15H,3-11H2,1-2H3. The molecular weight excluding hydrogens is 244 g/mol. The highest BCUT2D eigenvalue weighted by molar-refractivity contribution is 7.99. The van der Waals surface area contributed by atoms with Crippen LogP contribution in [0, 0.1) is 5.92 Å². The Kier molecular flexibility index (Phi) is 6.29. The molecular formula is C14H28N2OS. The van der Waals surface area contributed by atoms with Gasteiger partial charge in [-0.1, -0.05) is 6.92 Å². The van der Waals surface area contributed by atoms with Crippen LogP contribution in [-0.2, 0) is 4.74 Å². The Labute approximate surface area is 116 Å². The normalized spacial score (nSPS) is 32.3. The van der Waals surface area contributed by atoms with Gasteiger partial charge in [-0.3, -0.25) is 0 Å². The van der Waals surface area contributed by atoms with Gasteiger partial charge in [0.1, 0.15) is 0 Å². The maximum absolute atomic E-state index is 5.70. The summed E-state index contributed by atoms with van der Waals surface area (Å²) >= 11 is 2.11. The van der Waals surface area contributed by atoms with E-state index in [1.807, 2.05) is 0 Å². The third-order valence-electron chi connectivity index (χ3n) is 4.19. The first-order chi connectivity index (χ1) is 8.83. The highest BCUT2D eigenvalue weighted by Crippen LogP contribution is 2.26. The van der Waals surface area contributed by atoms with E-state index in [9.17, 15) is 0 Å². The summed E-state index contributed by atoms with van der Waals surface area (Å²) in [4.78, 5) is 2.55. The summed E-state index contributed by atoms with van der Waals surface area (Å²) in [5, 5.41) is 3.80. The Hall–Kier alpha value is 0.230. The van der Waals surface area contributed by atoms with Gasteiger partial charge >= 0.3 is 0 Å². The van der Waals surface area contributed by atoms with E-state index < -0.39 is 0 Å². The molecule has 0 spiro atoms. The Morgan fingerprint density at radius 1 is 1.50 bits per heavy atom. The third-order valence-corrected chi connectivity index (χ3v) is 5.24. The van der Waals surface area contributed by atoms with Gasteiger partial charge in [0.2, 0.25) is 0 Å². The molecule has 3 unspecified atom stereocenters. The second-order valence-corrected chi connectivity index (χ2v) is 6.73. The molecule has 0 radical (unpaired) electrons. The molecule has 106 valence electrons. The van der Waals surface area contributed by atoms with E-state index >= 15 is 0 Å². The topological polar surface area (TPSA) is 24.5 Å². The van der Waals surface area contributed by atoms with Gasteiger partial charge in [-0.05, 0) is 38.8 Å². The second kappa shape index (κ2) is 7.73. The van der Waals surface area contributed by atoms with Crippen molar-refractivity contribution >= 4 is 11.8 Å². The molecule has 2 aliphatic rings. The fourth-order valence-electron chi connectivity index (χ4n) is 3.06. The van der Waals surface area contributed by atoms with Crippen molar-refractivity contribution in [2.75, 3.05) is 44.9 Å². The number of likely N-dealkylation sites (N-methyl/N-ethyl adjacent to an activating group) is 1. The molecule has 0 aromatic rings. The quantitative estimate of drug-likeness (QED) is 0.825. The van der Waals surface area contributed by atoms with Gasteiger partial charge in [0.05, 0.1) is 6.61 Å². The summed E-state index contributed by atoms with van der Waals surface area (Å²) in [6, 6.07) is 1.30. The zero-order valence-electron chi connectivity index (χ0n) is 11.9. The van der Waals surface area contributed by atoms with Crippen LogP contribution in [0.4, 0.5) is 0 Å². The van der Waals surface area contributed by atoms with Crippen molar-refractivity contribution < 1.29 is 4.74 Å². The maximum Gasteiger partial charge on any atom is 0.0509 e. The van der Waals surface area contributed by atoms with Gasteiger partial charge in [0.25, 0.3) is 0 Å². The first kappa shape index (κ1) is 14.6.